The molecular formula is C17H29N3O2. The van der Waals surface area contributed by atoms with Crippen molar-refractivity contribution in [2.75, 3.05) is 33.4 Å². The zero-order valence-corrected chi connectivity index (χ0v) is 14.0. The van der Waals surface area contributed by atoms with E-state index in [1.165, 1.54) is 6.42 Å². The van der Waals surface area contributed by atoms with Gasteiger partial charge in [-0.15, -0.1) is 0 Å². The molecule has 0 saturated heterocycles. The highest BCUT2D eigenvalue weighted by atomic mass is 16.5. The number of guanidine groups is 1. The third-order valence-corrected chi connectivity index (χ3v) is 3.07. The van der Waals surface area contributed by atoms with E-state index in [0.29, 0.717) is 19.8 Å². The fraction of sp³-hybridized carbons (Fsp3) is 0.588. The number of nitrogens with one attached hydrogen (secondary N) is 2. The van der Waals surface area contributed by atoms with Crippen molar-refractivity contribution in [3.63, 3.8) is 0 Å². The Morgan fingerprint density at radius 1 is 1.09 bits per heavy atom. The van der Waals surface area contributed by atoms with Gasteiger partial charge in [-0.05, 0) is 31.0 Å². The van der Waals surface area contributed by atoms with Crippen molar-refractivity contribution in [3.8, 4) is 5.75 Å². The van der Waals surface area contributed by atoms with Gasteiger partial charge in [0.15, 0.2) is 5.96 Å². The lowest BCUT2D eigenvalue weighted by Crippen LogP contribution is -2.37. The van der Waals surface area contributed by atoms with E-state index in [9.17, 15) is 0 Å². The summed E-state index contributed by atoms with van der Waals surface area (Å²) in [6, 6.07) is 8.03. The zero-order valence-electron chi connectivity index (χ0n) is 14.0. The molecule has 124 valence electrons. The van der Waals surface area contributed by atoms with Gasteiger partial charge in [0.2, 0.25) is 0 Å². The van der Waals surface area contributed by atoms with Crippen molar-refractivity contribution in [2.24, 2.45) is 4.99 Å². The Hall–Kier alpha value is -1.75. The Bertz CT molecular complexity index is 418. The van der Waals surface area contributed by atoms with E-state index in [1.54, 1.807) is 7.11 Å². The highest BCUT2D eigenvalue weighted by Crippen LogP contribution is 2.12. The van der Waals surface area contributed by atoms with Gasteiger partial charge in [-0.1, -0.05) is 25.5 Å². The summed E-state index contributed by atoms with van der Waals surface area (Å²) in [4.78, 5) is 4.59. The lowest BCUT2D eigenvalue weighted by molar-refractivity contribution is 0.146. The summed E-state index contributed by atoms with van der Waals surface area (Å²) in [6.07, 6.45) is 2.33. The number of nitrogens with zero attached hydrogens (tertiary/aromatic N) is 1. The molecule has 5 heteroatoms. The third-order valence-electron chi connectivity index (χ3n) is 3.07. The molecule has 0 radical (unpaired) electrons. The smallest absolute Gasteiger partial charge is 0.191 e. The van der Waals surface area contributed by atoms with Crippen LogP contribution in [0.15, 0.2) is 29.3 Å². The quantitative estimate of drug-likeness (QED) is 0.396. The number of unbranched alkanes of at least 4 members (excludes halogenated alkanes) is 1. The highest BCUT2D eigenvalue weighted by Gasteiger charge is 1.98. The molecule has 1 aromatic rings. The summed E-state index contributed by atoms with van der Waals surface area (Å²) in [5.74, 6) is 1.73. The normalized spacial score (nSPS) is 11.3. The van der Waals surface area contributed by atoms with Gasteiger partial charge in [0.05, 0.1) is 13.2 Å². The molecule has 0 saturated carbocycles. The number of rotatable bonds is 10. The molecule has 0 amide bonds. The average molecular weight is 307 g/mol. The monoisotopic (exact) mass is 307 g/mol. The number of ether oxygens (including phenoxy) is 2. The van der Waals surface area contributed by atoms with E-state index in [1.807, 2.05) is 24.3 Å². The fourth-order valence-corrected chi connectivity index (χ4v) is 1.83. The summed E-state index contributed by atoms with van der Waals surface area (Å²) < 4.78 is 10.5. The molecule has 0 bridgehead atoms. The van der Waals surface area contributed by atoms with E-state index >= 15 is 0 Å². The standard InChI is InChI=1S/C17H29N3O2/c1-4-6-11-19-17(18-5-2)20-14-15-7-9-16(10-8-15)22-13-12-21-3/h7-10H,4-6,11-14H2,1-3H3,(H2,18,19,20). The van der Waals surface area contributed by atoms with Crippen LogP contribution in [0.2, 0.25) is 0 Å². The number of aliphatic imine (C=N–C) groups is 1. The summed E-state index contributed by atoms with van der Waals surface area (Å²) in [6.45, 7) is 7.89. The van der Waals surface area contributed by atoms with Gasteiger partial charge >= 0.3 is 0 Å². The molecule has 0 aliphatic rings. The van der Waals surface area contributed by atoms with Gasteiger partial charge in [-0.25, -0.2) is 4.99 Å². The molecule has 0 aromatic heterocycles. The van der Waals surface area contributed by atoms with E-state index < -0.39 is 0 Å². The molecule has 0 fully saturated rings. The summed E-state index contributed by atoms with van der Waals surface area (Å²) in [7, 11) is 1.67. The van der Waals surface area contributed by atoms with Crippen LogP contribution in [0, 0.1) is 0 Å². The SMILES string of the molecule is CCCCNC(=NCc1ccc(OCCOC)cc1)NCC. The van der Waals surface area contributed by atoms with Gasteiger partial charge in [0.25, 0.3) is 0 Å². The second-order valence-electron chi connectivity index (χ2n) is 4.96. The van der Waals surface area contributed by atoms with Gasteiger partial charge in [-0.2, -0.15) is 0 Å². The first kappa shape index (κ1) is 18.3. The van der Waals surface area contributed by atoms with Crippen molar-refractivity contribution >= 4 is 5.96 Å². The maximum atomic E-state index is 5.55. The molecule has 0 unspecified atom stereocenters. The first-order valence-electron chi connectivity index (χ1n) is 8.03. The molecule has 0 aliphatic heterocycles. The molecule has 0 aliphatic carbocycles. The van der Waals surface area contributed by atoms with E-state index in [4.69, 9.17) is 9.47 Å². The molecule has 22 heavy (non-hydrogen) atoms. The minimum absolute atomic E-state index is 0.569. The lowest BCUT2D eigenvalue weighted by atomic mass is 10.2. The Morgan fingerprint density at radius 3 is 2.50 bits per heavy atom. The van der Waals surface area contributed by atoms with Crippen LogP contribution in [0.1, 0.15) is 32.3 Å². The molecule has 0 spiro atoms. The molecular weight excluding hydrogens is 278 g/mol. The van der Waals surface area contributed by atoms with E-state index in [-0.39, 0.29) is 0 Å². The Morgan fingerprint density at radius 2 is 1.86 bits per heavy atom. The van der Waals surface area contributed by atoms with Crippen LogP contribution < -0.4 is 15.4 Å². The molecule has 2 N–H and O–H groups in total. The van der Waals surface area contributed by atoms with Crippen LogP contribution in [0.4, 0.5) is 0 Å². The maximum absolute atomic E-state index is 5.55. The van der Waals surface area contributed by atoms with E-state index in [0.717, 1.165) is 36.8 Å². The molecule has 1 aromatic carbocycles. The maximum Gasteiger partial charge on any atom is 0.191 e. The molecule has 0 heterocycles. The summed E-state index contributed by atoms with van der Waals surface area (Å²) >= 11 is 0. The topological polar surface area (TPSA) is 54.9 Å². The van der Waals surface area contributed by atoms with Crippen LogP contribution >= 0.6 is 0 Å². The fourth-order valence-electron chi connectivity index (χ4n) is 1.83. The van der Waals surface area contributed by atoms with Crippen LogP contribution in [-0.2, 0) is 11.3 Å². The second-order valence-corrected chi connectivity index (χ2v) is 4.96. The van der Waals surface area contributed by atoms with Crippen LogP contribution in [0.25, 0.3) is 0 Å². The van der Waals surface area contributed by atoms with Crippen LogP contribution in [0.3, 0.4) is 0 Å². The summed E-state index contributed by atoms with van der Waals surface area (Å²) in [5.41, 5.74) is 1.16. The Balaban J connectivity index is 2.47. The molecule has 5 nitrogen and oxygen atoms in total. The van der Waals surface area contributed by atoms with Crippen LogP contribution in [-0.4, -0.2) is 39.4 Å². The minimum atomic E-state index is 0.569. The van der Waals surface area contributed by atoms with Gasteiger partial charge in [0.1, 0.15) is 12.4 Å². The van der Waals surface area contributed by atoms with Crippen molar-refractivity contribution < 1.29 is 9.47 Å². The Labute approximate surface area is 134 Å². The largest absolute Gasteiger partial charge is 0.491 e. The average Bonchev–Trinajstić information content (AvgIpc) is 2.54. The second kappa shape index (κ2) is 11.9. The molecule has 1 rings (SSSR count). The summed E-state index contributed by atoms with van der Waals surface area (Å²) in [5, 5.41) is 6.60. The number of hydrogen-bond acceptors (Lipinski definition) is 3. The van der Waals surface area contributed by atoms with Gasteiger partial charge in [-0.3, -0.25) is 0 Å². The first-order valence-corrected chi connectivity index (χ1v) is 8.03. The number of hydrogen-bond donors (Lipinski definition) is 2. The van der Waals surface area contributed by atoms with Crippen LogP contribution in [0.5, 0.6) is 5.75 Å². The number of methoxy groups -OCH3 is 1. The van der Waals surface area contributed by atoms with E-state index in [2.05, 4.69) is 29.5 Å². The number of benzene rings is 1. The van der Waals surface area contributed by atoms with Gasteiger partial charge in [0, 0.05) is 20.2 Å². The minimum Gasteiger partial charge on any atom is -0.491 e. The van der Waals surface area contributed by atoms with Crippen molar-refractivity contribution in [1.29, 1.82) is 0 Å². The zero-order chi connectivity index (χ0) is 16.0. The predicted molar refractivity (Wildman–Crippen MR) is 91.5 cm³/mol. The first-order chi connectivity index (χ1) is 10.8. The molecule has 0 atom stereocenters. The van der Waals surface area contributed by atoms with Crippen molar-refractivity contribution in [1.82, 2.24) is 10.6 Å². The third kappa shape index (κ3) is 7.88. The lowest BCUT2D eigenvalue weighted by Gasteiger charge is -2.11. The highest BCUT2D eigenvalue weighted by molar-refractivity contribution is 5.79. The van der Waals surface area contributed by atoms with Gasteiger partial charge < -0.3 is 20.1 Å². The Kier molecular flexibility index (Phi) is 9.87. The predicted octanol–water partition coefficient (Wildman–Crippen LogP) is 2.57. The van der Waals surface area contributed by atoms with Crippen molar-refractivity contribution in [2.45, 2.75) is 33.2 Å². The van der Waals surface area contributed by atoms with Crippen molar-refractivity contribution in [3.05, 3.63) is 29.8 Å².